The van der Waals surface area contributed by atoms with E-state index < -0.39 is 0 Å². The summed E-state index contributed by atoms with van der Waals surface area (Å²) in [6.07, 6.45) is 12.1. The predicted molar refractivity (Wildman–Crippen MR) is 121 cm³/mol. The van der Waals surface area contributed by atoms with Gasteiger partial charge in [-0.2, -0.15) is 0 Å². The molecule has 2 aromatic carbocycles. The molecule has 0 N–H and O–H groups in total. The Kier molecular flexibility index (Phi) is 7.71. The van der Waals surface area contributed by atoms with Crippen molar-refractivity contribution in [1.82, 2.24) is 10.1 Å². The molecule has 2 heterocycles. The summed E-state index contributed by atoms with van der Waals surface area (Å²) in [7, 11) is 0. The van der Waals surface area contributed by atoms with Gasteiger partial charge in [0.05, 0.1) is 39.5 Å². The predicted octanol–water partition coefficient (Wildman–Crippen LogP) is 4.78. The number of hydroxylamine groups is 4. The van der Waals surface area contributed by atoms with Crippen molar-refractivity contribution in [2.45, 2.75) is 13.2 Å². The molecule has 5 heteroatoms. The van der Waals surface area contributed by atoms with Gasteiger partial charge in [0, 0.05) is 12.4 Å². The van der Waals surface area contributed by atoms with Crippen molar-refractivity contribution in [3.8, 4) is 0 Å². The second-order valence-electron chi connectivity index (χ2n) is 7.49. The molecule has 2 aromatic rings. The van der Waals surface area contributed by atoms with E-state index in [1.54, 1.807) is 0 Å². The van der Waals surface area contributed by atoms with Gasteiger partial charge in [-0.15, -0.1) is 0 Å². The van der Waals surface area contributed by atoms with Crippen molar-refractivity contribution >= 4 is 0 Å². The summed E-state index contributed by atoms with van der Waals surface area (Å²) < 4.78 is 5.97. The lowest BCUT2D eigenvalue weighted by molar-refractivity contribution is -0.129. The zero-order chi connectivity index (χ0) is 21.1. The Morgan fingerprint density at radius 1 is 0.581 bits per heavy atom. The third kappa shape index (κ3) is 6.96. The molecule has 5 nitrogen and oxygen atoms in total. The lowest BCUT2D eigenvalue weighted by atomic mass is 10.2. The maximum absolute atomic E-state index is 5.97. The van der Waals surface area contributed by atoms with E-state index in [2.05, 4.69) is 36.4 Å². The fourth-order valence-electron chi connectivity index (χ4n) is 3.30. The van der Waals surface area contributed by atoms with Gasteiger partial charge in [0.2, 0.25) is 0 Å². The Labute approximate surface area is 184 Å². The third-order valence-electron chi connectivity index (χ3n) is 4.94. The van der Waals surface area contributed by atoms with Gasteiger partial charge >= 0.3 is 0 Å². The molecule has 0 amide bonds. The lowest BCUT2D eigenvalue weighted by Crippen LogP contribution is -2.26. The van der Waals surface area contributed by atoms with Crippen LogP contribution in [0.5, 0.6) is 0 Å². The Bertz CT molecular complexity index is 858. The van der Waals surface area contributed by atoms with Gasteiger partial charge in [0.15, 0.2) is 0 Å². The summed E-state index contributed by atoms with van der Waals surface area (Å²) in [6.45, 7) is 3.65. The first-order valence-corrected chi connectivity index (χ1v) is 10.5. The highest BCUT2D eigenvalue weighted by Gasteiger charge is 2.12. The minimum atomic E-state index is 0.553. The quantitative estimate of drug-likeness (QED) is 0.557. The lowest BCUT2D eigenvalue weighted by Gasteiger charge is -2.25. The molecule has 0 aliphatic carbocycles. The maximum atomic E-state index is 5.97. The zero-order valence-electron chi connectivity index (χ0n) is 17.6. The number of nitrogens with zero attached hydrogens (tertiary/aromatic N) is 2. The molecule has 0 aromatic heterocycles. The minimum absolute atomic E-state index is 0.553. The van der Waals surface area contributed by atoms with Gasteiger partial charge in [0.1, 0.15) is 0 Å². The first-order valence-electron chi connectivity index (χ1n) is 10.5. The van der Waals surface area contributed by atoms with Crippen LogP contribution in [0.3, 0.4) is 0 Å². The smallest absolute Gasteiger partial charge is 0.0999 e. The summed E-state index contributed by atoms with van der Waals surface area (Å²) in [5, 5.41) is 3.71. The number of benzene rings is 2. The summed E-state index contributed by atoms with van der Waals surface area (Å²) in [4.78, 5) is 11.8. The maximum Gasteiger partial charge on any atom is 0.0999 e. The molecule has 0 unspecified atom stereocenters. The Hall–Kier alpha value is -3.12. The van der Waals surface area contributed by atoms with E-state index >= 15 is 0 Å². The van der Waals surface area contributed by atoms with E-state index in [1.165, 1.54) is 11.1 Å². The van der Waals surface area contributed by atoms with Crippen LogP contribution < -0.4 is 0 Å². The van der Waals surface area contributed by atoms with Crippen molar-refractivity contribution in [1.29, 1.82) is 0 Å². The van der Waals surface area contributed by atoms with Crippen molar-refractivity contribution in [2.24, 2.45) is 0 Å². The Balaban J connectivity index is 1.15. The van der Waals surface area contributed by atoms with Crippen molar-refractivity contribution in [3.63, 3.8) is 0 Å². The van der Waals surface area contributed by atoms with E-state index in [1.807, 2.05) is 71.1 Å². The van der Waals surface area contributed by atoms with Crippen LogP contribution in [-0.2, 0) is 27.6 Å². The van der Waals surface area contributed by atoms with Crippen LogP contribution in [0.25, 0.3) is 0 Å². The second-order valence-corrected chi connectivity index (χ2v) is 7.49. The van der Waals surface area contributed by atoms with E-state index in [9.17, 15) is 0 Å². The Morgan fingerprint density at radius 3 is 1.48 bits per heavy atom. The van der Waals surface area contributed by atoms with Crippen molar-refractivity contribution < 1.29 is 14.4 Å². The van der Waals surface area contributed by atoms with Crippen LogP contribution in [-0.4, -0.2) is 36.4 Å². The third-order valence-corrected chi connectivity index (χ3v) is 4.94. The van der Waals surface area contributed by atoms with Crippen LogP contribution >= 0.6 is 0 Å². The molecule has 0 saturated carbocycles. The topological polar surface area (TPSA) is 34.2 Å². The van der Waals surface area contributed by atoms with Gasteiger partial charge in [-0.05, 0) is 34.4 Å². The van der Waals surface area contributed by atoms with Crippen molar-refractivity contribution in [3.05, 3.63) is 120 Å². The molecule has 0 atom stereocenters. The average Bonchev–Trinajstić information content (AvgIpc) is 2.83. The molecule has 160 valence electrons. The molecule has 0 bridgehead atoms. The van der Waals surface area contributed by atoms with E-state index in [4.69, 9.17) is 14.4 Å². The van der Waals surface area contributed by atoms with Gasteiger partial charge in [0.25, 0.3) is 0 Å². The zero-order valence-corrected chi connectivity index (χ0v) is 17.6. The fraction of sp³-hybridized carbons (Fsp3) is 0.231. The monoisotopic (exact) mass is 416 g/mol. The molecular formula is C26H28N2O3. The molecule has 0 fully saturated rings. The SMILES string of the molecule is C1=CN(OCc2ccccc2)CC(COCC2=CC=CN(OCc3ccccc3)C2)=C1. The second kappa shape index (κ2) is 11.3. The average molecular weight is 417 g/mol. The van der Waals surface area contributed by atoms with E-state index in [-0.39, 0.29) is 0 Å². The number of hydrogen-bond acceptors (Lipinski definition) is 5. The standard InChI is InChI=1S/C26H28N2O3/c1-3-9-23(10-4-1)21-30-27-15-7-13-25(17-27)19-29-20-26-14-8-16-28(18-26)31-22-24-11-5-2-6-12-24/h1-16H,17-22H2. The van der Waals surface area contributed by atoms with Gasteiger partial charge in [-0.1, -0.05) is 72.8 Å². The van der Waals surface area contributed by atoms with Gasteiger partial charge in [-0.3, -0.25) is 19.8 Å². The first-order chi connectivity index (χ1) is 15.3. The van der Waals surface area contributed by atoms with Gasteiger partial charge in [-0.25, -0.2) is 0 Å². The molecule has 0 spiro atoms. The highest BCUT2D eigenvalue weighted by Crippen LogP contribution is 2.14. The van der Waals surface area contributed by atoms with E-state index in [0.29, 0.717) is 39.5 Å². The van der Waals surface area contributed by atoms with Crippen LogP contribution in [0.1, 0.15) is 11.1 Å². The molecule has 0 saturated heterocycles. The van der Waals surface area contributed by atoms with Crippen molar-refractivity contribution in [2.75, 3.05) is 26.3 Å². The van der Waals surface area contributed by atoms with Gasteiger partial charge < -0.3 is 4.74 Å². The molecule has 0 radical (unpaired) electrons. The highest BCUT2D eigenvalue weighted by atomic mass is 16.7. The number of allylic oxidation sites excluding steroid dienone is 4. The summed E-state index contributed by atoms with van der Waals surface area (Å²) >= 11 is 0. The molecule has 31 heavy (non-hydrogen) atoms. The van der Waals surface area contributed by atoms with Crippen LogP contribution in [0, 0.1) is 0 Å². The highest BCUT2D eigenvalue weighted by molar-refractivity contribution is 5.21. The first kappa shape index (κ1) is 21.1. The van der Waals surface area contributed by atoms with E-state index in [0.717, 1.165) is 11.1 Å². The minimum Gasteiger partial charge on any atom is -0.373 e. The number of ether oxygens (including phenoxy) is 1. The largest absolute Gasteiger partial charge is 0.373 e. The normalized spacial score (nSPS) is 15.7. The summed E-state index contributed by atoms with van der Waals surface area (Å²) in [5.41, 5.74) is 4.67. The molecule has 4 rings (SSSR count). The summed E-state index contributed by atoms with van der Waals surface area (Å²) in [6, 6.07) is 20.3. The Morgan fingerprint density at radius 2 is 1.03 bits per heavy atom. The fourth-order valence-corrected chi connectivity index (χ4v) is 3.30. The van der Waals surface area contributed by atoms with Crippen LogP contribution in [0.4, 0.5) is 0 Å². The van der Waals surface area contributed by atoms with Crippen LogP contribution in [0.2, 0.25) is 0 Å². The van der Waals surface area contributed by atoms with Crippen LogP contribution in [0.15, 0.2) is 109 Å². The molecule has 2 aliphatic heterocycles. The number of rotatable bonds is 10. The molecular weight excluding hydrogens is 388 g/mol. The molecule has 2 aliphatic rings. The number of hydrogen-bond donors (Lipinski definition) is 0. The summed E-state index contributed by atoms with van der Waals surface area (Å²) in [5.74, 6) is 0.